The molecule has 3 aromatic carbocycles. The minimum absolute atomic E-state index is 0.0129. The largest absolute Gasteiger partial charge is 0.486 e. The van der Waals surface area contributed by atoms with Crippen LogP contribution in [0.25, 0.3) is 0 Å². The van der Waals surface area contributed by atoms with Crippen molar-refractivity contribution >= 4 is 33.3 Å². The fraction of sp³-hybridized carbons (Fsp3) is 0.130. The number of para-hydroxylation sites is 1. The van der Waals surface area contributed by atoms with Crippen LogP contribution in [0.5, 0.6) is 11.5 Å². The third-order valence-electron chi connectivity index (χ3n) is 4.68. The van der Waals surface area contributed by atoms with E-state index in [2.05, 4.69) is 10.0 Å². The first-order chi connectivity index (χ1) is 16.3. The molecule has 0 aromatic heterocycles. The van der Waals surface area contributed by atoms with Gasteiger partial charge >= 0.3 is 5.97 Å². The molecule has 0 aliphatic carbocycles. The second kappa shape index (κ2) is 9.79. The Morgan fingerprint density at radius 1 is 0.941 bits per heavy atom. The van der Waals surface area contributed by atoms with Gasteiger partial charge in [-0.1, -0.05) is 12.1 Å². The maximum absolute atomic E-state index is 13.6. The summed E-state index contributed by atoms with van der Waals surface area (Å²) >= 11 is 0. The van der Waals surface area contributed by atoms with Gasteiger partial charge in [0.15, 0.2) is 18.1 Å². The number of carbonyl (C=O) groups is 2. The van der Waals surface area contributed by atoms with Crippen molar-refractivity contribution in [2.45, 2.75) is 4.90 Å². The van der Waals surface area contributed by atoms with Crippen LogP contribution in [0.15, 0.2) is 71.6 Å². The molecule has 176 valence electrons. The molecule has 9 nitrogen and oxygen atoms in total. The highest BCUT2D eigenvalue weighted by Crippen LogP contribution is 2.32. The maximum Gasteiger partial charge on any atom is 0.338 e. The summed E-state index contributed by atoms with van der Waals surface area (Å²) in [5, 5.41) is 2.30. The van der Waals surface area contributed by atoms with Crippen molar-refractivity contribution in [1.29, 1.82) is 0 Å². The lowest BCUT2D eigenvalue weighted by atomic mass is 10.2. The number of hydrogen-bond acceptors (Lipinski definition) is 7. The topological polar surface area (TPSA) is 120 Å². The summed E-state index contributed by atoms with van der Waals surface area (Å²) < 4.78 is 57.1. The van der Waals surface area contributed by atoms with Crippen LogP contribution in [0.3, 0.4) is 0 Å². The van der Waals surface area contributed by atoms with Crippen LogP contribution in [-0.2, 0) is 19.6 Å². The molecule has 0 saturated carbocycles. The first-order valence-electron chi connectivity index (χ1n) is 10.1. The zero-order chi connectivity index (χ0) is 24.1. The molecule has 34 heavy (non-hydrogen) atoms. The number of sulfonamides is 1. The molecule has 3 aromatic rings. The minimum atomic E-state index is -3.92. The number of nitrogens with one attached hydrogen (secondary N) is 2. The van der Waals surface area contributed by atoms with E-state index in [1.807, 2.05) is 0 Å². The number of hydrogen-bond donors (Lipinski definition) is 2. The molecule has 0 saturated heterocycles. The summed E-state index contributed by atoms with van der Waals surface area (Å²) in [7, 11) is -3.92. The predicted molar refractivity (Wildman–Crippen MR) is 120 cm³/mol. The van der Waals surface area contributed by atoms with Crippen molar-refractivity contribution < 1.29 is 36.6 Å². The summed E-state index contributed by atoms with van der Waals surface area (Å²) in [6.45, 7) is 0.0976. The molecule has 2 N–H and O–H groups in total. The highest BCUT2D eigenvalue weighted by Gasteiger charge is 2.20. The molecule has 1 heterocycles. The predicted octanol–water partition coefficient (Wildman–Crippen LogP) is 3.19. The van der Waals surface area contributed by atoms with E-state index < -0.39 is 34.3 Å². The van der Waals surface area contributed by atoms with E-state index in [0.29, 0.717) is 24.7 Å². The Hall–Kier alpha value is -4.12. The minimum Gasteiger partial charge on any atom is -0.486 e. The number of esters is 1. The summed E-state index contributed by atoms with van der Waals surface area (Å²) in [5.74, 6) is -1.31. The third-order valence-corrected chi connectivity index (χ3v) is 6.06. The van der Waals surface area contributed by atoms with Crippen LogP contribution in [0.4, 0.5) is 15.8 Å². The number of benzene rings is 3. The second-order valence-corrected chi connectivity index (χ2v) is 8.77. The Bertz CT molecular complexity index is 1330. The van der Waals surface area contributed by atoms with Crippen LogP contribution in [0.1, 0.15) is 10.4 Å². The second-order valence-electron chi connectivity index (χ2n) is 7.09. The van der Waals surface area contributed by atoms with Gasteiger partial charge in [-0.15, -0.1) is 0 Å². The highest BCUT2D eigenvalue weighted by atomic mass is 32.2. The number of rotatable bonds is 7. The number of ether oxygens (including phenoxy) is 3. The average Bonchev–Trinajstić information content (AvgIpc) is 2.84. The molecule has 0 radical (unpaired) electrons. The van der Waals surface area contributed by atoms with Crippen LogP contribution in [0.2, 0.25) is 0 Å². The molecule has 1 aliphatic heterocycles. The molecule has 1 aliphatic rings. The molecule has 0 fully saturated rings. The lowest BCUT2D eigenvalue weighted by molar-refractivity contribution is -0.119. The first kappa shape index (κ1) is 23.1. The van der Waals surface area contributed by atoms with E-state index in [0.717, 1.165) is 0 Å². The van der Waals surface area contributed by atoms with Crippen molar-refractivity contribution in [3.63, 3.8) is 0 Å². The number of halogens is 1. The number of carbonyl (C=O) groups excluding carboxylic acids is 2. The Morgan fingerprint density at radius 2 is 1.65 bits per heavy atom. The van der Waals surface area contributed by atoms with Crippen molar-refractivity contribution in [2.24, 2.45) is 0 Å². The van der Waals surface area contributed by atoms with Gasteiger partial charge in [0.05, 0.1) is 16.1 Å². The van der Waals surface area contributed by atoms with Gasteiger partial charge in [-0.05, 0) is 48.5 Å². The molecular formula is C23H19FN2O7S. The van der Waals surface area contributed by atoms with Crippen molar-refractivity contribution in [1.82, 2.24) is 0 Å². The van der Waals surface area contributed by atoms with Gasteiger partial charge in [0.1, 0.15) is 19.0 Å². The van der Waals surface area contributed by atoms with Gasteiger partial charge in [0.25, 0.3) is 15.9 Å². The molecular weight excluding hydrogens is 467 g/mol. The Kier molecular flexibility index (Phi) is 6.64. The number of fused-ring (bicyclic) bond motifs is 1. The monoisotopic (exact) mass is 486 g/mol. The van der Waals surface area contributed by atoms with E-state index >= 15 is 0 Å². The van der Waals surface area contributed by atoms with E-state index in [9.17, 15) is 22.4 Å². The molecule has 1 amide bonds. The first-order valence-corrected chi connectivity index (χ1v) is 11.5. The Balaban J connectivity index is 1.34. The van der Waals surface area contributed by atoms with Crippen molar-refractivity contribution in [3.8, 4) is 11.5 Å². The molecule has 11 heteroatoms. The lowest BCUT2D eigenvalue weighted by Gasteiger charge is -2.19. The maximum atomic E-state index is 13.6. The van der Waals surface area contributed by atoms with E-state index in [4.69, 9.17) is 14.2 Å². The SMILES string of the molecule is O=C(COC(=O)c1ccc(NS(=O)(=O)c2ccc3c(c2)OCCO3)cc1)Nc1ccccc1F. The van der Waals surface area contributed by atoms with Gasteiger partial charge in [-0.2, -0.15) is 0 Å². The van der Waals surface area contributed by atoms with Gasteiger partial charge in [-0.25, -0.2) is 17.6 Å². The summed E-state index contributed by atoms with van der Waals surface area (Å²) in [6.07, 6.45) is 0. The van der Waals surface area contributed by atoms with Crippen molar-refractivity contribution in [3.05, 3.63) is 78.1 Å². The van der Waals surface area contributed by atoms with Crippen molar-refractivity contribution in [2.75, 3.05) is 29.9 Å². The molecule has 0 atom stereocenters. The van der Waals surface area contributed by atoms with Crippen LogP contribution in [-0.4, -0.2) is 40.1 Å². The Morgan fingerprint density at radius 3 is 2.38 bits per heavy atom. The summed E-state index contributed by atoms with van der Waals surface area (Å²) in [6, 6.07) is 15.3. The van der Waals surface area contributed by atoms with Gasteiger partial charge in [0, 0.05) is 11.8 Å². The summed E-state index contributed by atoms with van der Waals surface area (Å²) in [4.78, 5) is 24.1. The quantitative estimate of drug-likeness (QED) is 0.492. The number of amides is 1. The van der Waals surface area contributed by atoms with E-state index in [-0.39, 0.29) is 21.8 Å². The fourth-order valence-corrected chi connectivity index (χ4v) is 4.12. The number of anilines is 2. The summed E-state index contributed by atoms with van der Waals surface area (Å²) in [5.41, 5.74) is 0.280. The van der Waals surface area contributed by atoms with Crippen LogP contribution < -0.4 is 19.5 Å². The highest BCUT2D eigenvalue weighted by molar-refractivity contribution is 7.92. The van der Waals surface area contributed by atoms with Gasteiger partial charge in [-0.3, -0.25) is 9.52 Å². The lowest BCUT2D eigenvalue weighted by Crippen LogP contribution is -2.21. The zero-order valence-electron chi connectivity index (χ0n) is 17.6. The zero-order valence-corrected chi connectivity index (χ0v) is 18.4. The standard InChI is InChI=1S/C23H19FN2O7S/c24-18-3-1-2-4-19(18)25-22(27)14-33-23(28)15-5-7-16(8-6-15)26-34(29,30)17-9-10-20-21(13-17)32-12-11-31-20/h1-10,13,26H,11-12,14H2,(H,25,27). The van der Waals surface area contributed by atoms with Gasteiger partial charge < -0.3 is 19.5 Å². The molecule has 0 bridgehead atoms. The van der Waals surface area contributed by atoms with E-state index in [1.165, 1.54) is 60.7 Å². The Labute approximate surface area is 194 Å². The normalized spacial score (nSPS) is 12.5. The van der Waals surface area contributed by atoms with Crippen LogP contribution >= 0.6 is 0 Å². The van der Waals surface area contributed by atoms with Crippen LogP contribution in [0, 0.1) is 5.82 Å². The fourth-order valence-electron chi connectivity index (χ4n) is 3.04. The smallest absolute Gasteiger partial charge is 0.338 e. The molecule has 0 spiro atoms. The average molecular weight is 486 g/mol. The molecule has 0 unspecified atom stereocenters. The third kappa shape index (κ3) is 5.44. The van der Waals surface area contributed by atoms with E-state index in [1.54, 1.807) is 6.07 Å². The van der Waals surface area contributed by atoms with Gasteiger partial charge in [0.2, 0.25) is 0 Å². The molecule has 4 rings (SSSR count).